The zero-order valence-corrected chi connectivity index (χ0v) is 17.9. The molecule has 0 atom stereocenters. The first-order valence-electron chi connectivity index (χ1n) is 9.69. The minimum absolute atomic E-state index is 0.185. The topological polar surface area (TPSA) is 84.7 Å². The Kier molecular flexibility index (Phi) is 5.95. The number of aryl methyl sites for hydroxylation is 2. The monoisotopic (exact) mass is 432 g/mol. The maximum absolute atomic E-state index is 12.7. The molecule has 2 N–H and O–H groups in total. The van der Waals surface area contributed by atoms with E-state index in [0.717, 1.165) is 33.9 Å². The van der Waals surface area contributed by atoms with Crippen molar-refractivity contribution in [1.29, 1.82) is 0 Å². The summed E-state index contributed by atoms with van der Waals surface area (Å²) in [5.74, 6) is 1.42. The minimum atomic E-state index is -0.185. The Morgan fingerprint density at radius 2 is 1.90 bits per heavy atom. The van der Waals surface area contributed by atoms with Crippen LogP contribution in [0.1, 0.15) is 27.0 Å². The highest BCUT2D eigenvalue weighted by molar-refractivity contribution is 6.17. The van der Waals surface area contributed by atoms with Crippen molar-refractivity contribution in [2.45, 2.75) is 19.7 Å². The molecule has 2 heterocycles. The van der Waals surface area contributed by atoms with Crippen LogP contribution < -0.4 is 10.6 Å². The number of benzene rings is 2. The Bertz CT molecular complexity index is 1210. The Hall–Kier alpha value is -3.71. The normalized spacial score (nSPS) is 10.7. The molecule has 31 heavy (non-hydrogen) atoms. The molecule has 4 rings (SSSR count). The number of nitrogens with zero attached hydrogens (tertiary/aromatic N) is 4. The van der Waals surface area contributed by atoms with Crippen LogP contribution in [0.2, 0.25) is 0 Å². The molecule has 2 aromatic heterocycles. The van der Waals surface area contributed by atoms with Gasteiger partial charge in [-0.15, -0.1) is 11.6 Å². The molecule has 0 fully saturated rings. The van der Waals surface area contributed by atoms with E-state index in [-0.39, 0.29) is 5.91 Å². The van der Waals surface area contributed by atoms with E-state index in [0.29, 0.717) is 17.4 Å². The van der Waals surface area contributed by atoms with Crippen molar-refractivity contribution in [3.63, 3.8) is 0 Å². The van der Waals surface area contributed by atoms with E-state index in [2.05, 4.69) is 25.6 Å². The number of carbonyl (C=O) groups is 1. The summed E-state index contributed by atoms with van der Waals surface area (Å²) >= 11 is 5.90. The second-order valence-electron chi connectivity index (χ2n) is 7.11. The summed E-state index contributed by atoms with van der Waals surface area (Å²) in [6.07, 6.45) is 6.98. The standard InChI is InChI=1S/C23H21ClN6O/c1-15-3-4-17(12-24)11-20(15)28-22(31)18-5-7-19(8-6-18)27-23-26-13-16(2)21(29-23)30-10-9-25-14-30/h3-11,13-14H,12H2,1-2H3,(H,28,31)(H,26,27,29). The Morgan fingerprint density at radius 3 is 2.61 bits per heavy atom. The smallest absolute Gasteiger partial charge is 0.255 e. The molecule has 1 amide bonds. The van der Waals surface area contributed by atoms with Crippen LogP contribution in [0.4, 0.5) is 17.3 Å². The largest absolute Gasteiger partial charge is 0.324 e. The molecule has 0 spiro atoms. The van der Waals surface area contributed by atoms with Gasteiger partial charge in [0.1, 0.15) is 12.1 Å². The Balaban J connectivity index is 1.48. The Morgan fingerprint density at radius 1 is 1.10 bits per heavy atom. The number of anilines is 3. The van der Waals surface area contributed by atoms with Crippen molar-refractivity contribution in [2.75, 3.05) is 10.6 Å². The number of hydrogen-bond donors (Lipinski definition) is 2. The summed E-state index contributed by atoms with van der Waals surface area (Å²) in [5, 5.41) is 6.12. The van der Waals surface area contributed by atoms with Crippen molar-refractivity contribution in [1.82, 2.24) is 19.5 Å². The number of rotatable bonds is 6. The predicted molar refractivity (Wildman–Crippen MR) is 122 cm³/mol. The van der Waals surface area contributed by atoms with Gasteiger partial charge < -0.3 is 10.6 Å². The highest BCUT2D eigenvalue weighted by Crippen LogP contribution is 2.21. The molecule has 2 aromatic carbocycles. The van der Waals surface area contributed by atoms with Crippen LogP contribution in [0, 0.1) is 13.8 Å². The van der Waals surface area contributed by atoms with Crippen molar-refractivity contribution in [3.8, 4) is 5.82 Å². The van der Waals surface area contributed by atoms with Crippen molar-refractivity contribution < 1.29 is 4.79 Å². The third-order valence-corrected chi connectivity index (χ3v) is 5.11. The van der Waals surface area contributed by atoms with E-state index in [4.69, 9.17) is 11.6 Å². The van der Waals surface area contributed by atoms with Crippen LogP contribution in [0.25, 0.3) is 5.82 Å². The molecule has 156 valence electrons. The fraction of sp³-hybridized carbons (Fsp3) is 0.130. The van der Waals surface area contributed by atoms with E-state index in [1.807, 2.05) is 54.9 Å². The van der Waals surface area contributed by atoms with Crippen molar-refractivity contribution in [3.05, 3.63) is 89.6 Å². The molecular weight excluding hydrogens is 412 g/mol. The van der Waals surface area contributed by atoms with E-state index in [1.165, 1.54) is 0 Å². The molecule has 0 saturated carbocycles. The van der Waals surface area contributed by atoms with Gasteiger partial charge in [-0.3, -0.25) is 9.36 Å². The van der Waals surface area contributed by atoms with Gasteiger partial charge in [-0.2, -0.15) is 4.98 Å². The van der Waals surface area contributed by atoms with Gasteiger partial charge in [0.05, 0.1) is 0 Å². The first kappa shape index (κ1) is 20.6. The first-order valence-corrected chi connectivity index (χ1v) is 10.2. The SMILES string of the molecule is Cc1ccc(CCl)cc1NC(=O)c1ccc(Nc2ncc(C)c(-n3ccnc3)n2)cc1. The van der Waals surface area contributed by atoms with Gasteiger partial charge in [-0.1, -0.05) is 12.1 Å². The summed E-state index contributed by atoms with van der Waals surface area (Å²) in [4.78, 5) is 25.6. The maximum Gasteiger partial charge on any atom is 0.255 e. The van der Waals surface area contributed by atoms with Gasteiger partial charge in [0.2, 0.25) is 5.95 Å². The summed E-state index contributed by atoms with van der Waals surface area (Å²) in [7, 11) is 0. The van der Waals surface area contributed by atoms with Gasteiger partial charge >= 0.3 is 0 Å². The van der Waals surface area contributed by atoms with Gasteiger partial charge in [0.25, 0.3) is 5.91 Å². The van der Waals surface area contributed by atoms with E-state index in [9.17, 15) is 4.79 Å². The lowest BCUT2D eigenvalue weighted by molar-refractivity contribution is 0.102. The van der Waals surface area contributed by atoms with Crippen LogP contribution in [0.5, 0.6) is 0 Å². The number of halogens is 1. The van der Waals surface area contributed by atoms with Crippen molar-refractivity contribution in [2.24, 2.45) is 0 Å². The third kappa shape index (κ3) is 4.73. The lowest BCUT2D eigenvalue weighted by atomic mass is 10.1. The molecular formula is C23H21ClN6O. The summed E-state index contributed by atoms with van der Waals surface area (Å²) in [6.45, 7) is 3.89. The number of amides is 1. The molecule has 0 saturated heterocycles. The Labute approximate surface area is 185 Å². The van der Waals surface area contributed by atoms with E-state index in [1.54, 1.807) is 30.9 Å². The van der Waals surface area contributed by atoms with Gasteiger partial charge in [0.15, 0.2) is 0 Å². The molecule has 7 nitrogen and oxygen atoms in total. The molecule has 0 aliphatic carbocycles. The van der Waals surface area contributed by atoms with E-state index < -0.39 is 0 Å². The molecule has 0 unspecified atom stereocenters. The van der Waals surface area contributed by atoms with Crippen LogP contribution >= 0.6 is 11.6 Å². The molecule has 4 aromatic rings. The quantitative estimate of drug-likeness (QED) is 0.418. The maximum atomic E-state index is 12.7. The fourth-order valence-electron chi connectivity index (χ4n) is 3.05. The molecule has 8 heteroatoms. The molecule has 0 radical (unpaired) electrons. The lowest BCUT2D eigenvalue weighted by Crippen LogP contribution is -2.13. The summed E-state index contributed by atoms with van der Waals surface area (Å²) in [6, 6.07) is 12.9. The highest BCUT2D eigenvalue weighted by Gasteiger charge is 2.10. The number of imidazole rings is 1. The number of carbonyl (C=O) groups excluding carboxylic acids is 1. The number of aromatic nitrogens is 4. The minimum Gasteiger partial charge on any atom is -0.324 e. The highest BCUT2D eigenvalue weighted by atomic mass is 35.5. The number of nitrogens with one attached hydrogen (secondary N) is 2. The first-order chi connectivity index (χ1) is 15.0. The van der Waals surface area contributed by atoms with Gasteiger partial charge in [-0.25, -0.2) is 9.97 Å². The average molecular weight is 433 g/mol. The lowest BCUT2D eigenvalue weighted by Gasteiger charge is -2.11. The van der Waals surface area contributed by atoms with Gasteiger partial charge in [0, 0.05) is 47.0 Å². The molecule has 0 aliphatic heterocycles. The van der Waals surface area contributed by atoms with Crippen LogP contribution in [-0.4, -0.2) is 25.4 Å². The summed E-state index contributed by atoms with van der Waals surface area (Å²) in [5.41, 5.74) is 4.94. The summed E-state index contributed by atoms with van der Waals surface area (Å²) < 4.78 is 1.83. The second-order valence-corrected chi connectivity index (χ2v) is 7.38. The molecule has 0 bridgehead atoms. The molecule has 0 aliphatic rings. The fourth-order valence-corrected chi connectivity index (χ4v) is 3.22. The number of hydrogen-bond acceptors (Lipinski definition) is 5. The zero-order chi connectivity index (χ0) is 21.8. The second kappa shape index (κ2) is 8.97. The van der Waals surface area contributed by atoms with Gasteiger partial charge in [-0.05, 0) is 55.3 Å². The zero-order valence-electron chi connectivity index (χ0n) is 17.1. The van der Waals surface area contributed by atoms with Crippen LogP contribution in [0.15, 0.2) is 67.4 Å². The predicted octanol–water partition coefficient (Wildman–Crippen LogP) is 5.01. The van der Waals surface area contributed by atoms with Crippen LogP contribution in [0.3, 0.4) is 0 Å². The average Bonchev–Trinajstić information content (AvgIpc) is 3.32. The third-order valence-electron chi connectivity index (χ3n) is 4.80. The van der Waals surface area contributed by atoms with Crippen molar-refractivity contribution >= 4 is 34.8 Å². The number of alkyl halides is 1. The van der Waals surface area contributed by atoms with Crippen LogP contribution in [-0.2, 0) is 5.88 Å². The van der Waals surface area contributed by atoms with E-state index >= 15 is 0 Å².